The van der Waals surface area contributed by atoms with Gasteiger partial charge < -0.3 is 87.0 Å². The number of aliphatic carboxylic acids is 1. The summed E-state index contributed by atoms with van der Waals surface area (Å²) in [4.78, 5) is 215. The number of nitrogens with two attached hydrogens (primary N) is 1. The predicted octanol–water partition coefficient (Wildman–Crippen LogP) is -4.79. The molecule has 0 aromatic heterocycles. The highest BCUT2D eigenvalue weighted by Gasteiger charge is 2.50. The zero-order valence-electron chi connectivity index (χ0n) is 53.7. The lowest BCUT2D eigenvalue weighted by Crippen LogP contribution is -2.59. The van der Waals surface area contributed by atoms with E-state index < -0.39 is 182 Å². The van der Waals surface area contributed by atoms with Crippen LogP contribution >= 0.6 is 0 Å². The molecular formula is C61H93N15O17. The molecule has 14 amide bonds. The maximum absolute atomic E-state index is 14.5. The lowest BCUT2D eigenvalue weighted by Gasteiger charge is -2.36. The third-order valence-corrected chi connectivity index (χ3v) is 19.3. The fraction of sp³-hybridized carbons (Fsp3) is 0.754. The van der Waals surface area contributed by atoms with Crippen LogP contribution in [-0.2, 0) is 71.9 Å². The van der Waals surface area contributed by atoms with Crippen molar-refractivity contribution >= 4 is 88.7 Å². The number of carboxylic acid groups (broad SMARTS) is 1. The van der Waals surface area contributed by atoms with Crippen LogP contribution in [0.3, 0.4) is 0 Å². The van der Waals surface area contributed by atoms with Gasteiger partial charge in [0, 0.05) is 52.4 Å². The van der Waals surface area contributed by atoms with Crippen LogP contribution in [0.2, 0.25) is 0 Å². The van der Waals surface area contributed by atoms with Crippen LogP contribution in [0.15, 0.2) is 0 Å². The van der Waals surface area contributed by atoms with E-state index in [-0.39, 0.29) is 70.4 Å². The average Bonchev–Trinajstić information content (AvgIpc) is 1.67. The summed E-state index contributed by atoms with van der Waals surface area (Å²) in [6.45, 7) is 6.13. The number of aliphatic hydroxyl groups excluding tert-OH is 1. The Labute approximate surface area is 539 Å². The molecule has 8 saturated heterocycles. The molecule has 0 aliphatic carbocycles. The SMILES string of the molecule is CC(C)C[C@H](NC(=O)[C@H](CO)NC(=O)CN)C(=O)NCC(=O)NCC(=O)N1CCC[C@H]1C(=O)N[C@@H](C)C(=O)N1CCC[C@H]1C(=O)N1CCC[C@H]1C(=O)N1CCC[C@H]1C(=O)N[C@@H](C)C(=O)N1CCC[C@H]1C(=O)N1CCC[C@H]1C(=O)N1CCC[C@H]1C(=O)N1CCC[C@H]1C(=O)O. The molecule has 8 aliphatic rings. The zero-order valence-corrected chi connectivity index (χ0v) is 53.7. The highest BCUT2D eigenvalue weighted by molar-refractivity contribution is 6.00. The Bertz CT molecular complexity index is 2900. The topological polar surface area (TPSA) is 421 Å². The number of nitrogens with zero attached hydrogens (tertiary/aromatic N) is 8. The number of hydrogen-bond donors (Lipinski definition) is 9. The van der Waals surface area contributed by atoms with Gasteiger partial charge in [0.1, 0.15) is 72.5 Å². The van der Waals surface area contributed by atoms with Crippen molar-refractivity contribution in [2.75, 3.05) is 78.6 Å². The summed E-state index contributed by atoms with van der Waals surface area (Å²) in [7, 11) is 0. The Balaban J connectivity index is 0.795. The van der Waals surface area contributed by atoms with Gasteiger partial charge in [0.05, 0.1) is 26.2 Å². The standard InChI is InChI=1S/C61H93N15O17/c1-34(2)29-37(68-51(82)38(33-77)67-47(78)30-62)50(81)64-31-48(79)63-32-49(80)69-21-5-13-39(69)52(83)65-35(3)54(85)71-23-7-15-41(71)57(88)73-25-9-17-43(73)56(87)70-22-6-14-40(70)53(84)66-36(4)55(86)72-24-8-16-42(72)58(89)74-26-10-18-44(74)59(90)75-27-11-19-45(75)60(91)76-28-12-20-46(76)61(92)93/h34-46,77H,5-33,62H2,1-4H3,(H,63,79)(H,64,81)(H,65,83)(H,66,84)(H,67,78)(H,68,82)(H,92,93)/t35-,36-,37-,38-,39-,40-,41-,42-,43-,44-,45-,46-/m0/s1. The molecule has 8 heterocycles. The zero-order chi connectivity index (χ0) is 67.5. The Morgan fingerprint density at radius 3 is 1.13 bits per heavy atom. The van der Waals surface area contributed by atoms with Crippen molar-refractivity contribution in [1.29, 1.82) is 0 Å². The quantitative estimate of drug-likeness (QED) is 0.0438. The van der Waals surface area contributed by atoms with Gasteiger partial charge >= 0.3 is 5.97 Å². The van der Waals surface area contributed by atoms with Crippen molar-refractivity contribution in [3.63, 3.8) is 0 Å². The second kappa shape index (κ2) is 31.7. The van der Waals surface area contributed by atoms with Crippen LogP contribution in [0, 0.1) is 5.92 Å². The molecule has 0 aromatic carbocycles. The van der Waals surface area contributed by atoms with Gasteiger partial charge in [0.15, 0.2) is 0 Å². The Kier molecular flexibility index (Phi) is 24.2. The molecule has 32 heteroatoms. The lowest BCUT2D eigenvalue weighted by atomic mass is 10.0. The second-order valence-electron chi connectivity index (χ2n) is 26.1. The summed E-state index contributed by atoms with van der Waals surface area (Å²) in [6.07, 6.45) is 6.65. The van der Waals surface area contributed by atoms with Crippen molar-refractivity contribution in [3.8, 4) is 0 Å². The Morgan fingerprint density at radius 1 is 0.398 bits per heavy atom. The molecule has 0 unspecified atom stereocenters. The van der Waals surface area contributed by atoms with Gasteiger partial charge in [0.2, 0.25) is 82.7 Å². The normalized spacial score (nSPS) is 25.8. The van der Waals surface area contributed by atoms with Crippen LogP contribution < -0.4 is 37.6 Å². The maximum Gasteiger partial charge on any atom is 0.326 e. The minimum atomic E-state index is -1.38. The third kappa shape index (κ3) is 16.3. The first-order valence-electron chi connectivity index (χ1n) is 33.1. The summed E-state index contributed by atoms with van der Waals surface area (Å²) >= 11 is 0. The van der Waals surface area contributed by atoms with E-state index in [1.165, 1.54) is 53.0 Å². The molecule has 8 rings (SSSR count). The average molecular weight is 1310 g/mol. The highest BCUT2D eigenvalue weighted by atomic mass is 16.4. The van der Waals surface area contributed by atoms with E-state index in [4.69, 9.17) is 5.73 Å². The summed E-state index contributed by atoms with van der Waals surface area (Å²) in [5.41, 5.74) is 5.29. The van der Waals surface area contributed by atoms with E-state index in [9.17, 15) is 82.1 Å². The van der Waals surface area contributed by atoms with E-state index in [0.29, 0.717) is 103 Å². The number of carbonyl (C=O) groups excluding carboxylic acids is 14. The second-order valence-corrected chi connectivity index (χ2v) is 26.1. The van der Waals surface area contributed by atoms with Crippen molar-refractivity contribution in [2.45, 2.75) is 209 Å². The molecule has 10 N–H and O–H groups in total. The summed E-state index contributed by atoms with van der Waals surface area (Å²) in [5, 5.41) is 34.4. The van der Waals surface area contributed by atoms with E-state index in [1.54, 1.807) is 13.8 Å². The molecule has 8 fully saturated rings. The Hall–Kier alpha value is -8.03. The number of likely N-dealkylation sites (tertiary alicyclic amines) is 8. The summed E-state index contributed by atoms with van der Waals surface area (Å²) < 4.78 is 0. The first kappa shape index (κ1) is 70.8. The van der Waals surface area contributed by atoms with Crippen LogP contribution in [0.4, 0.5) is 0 Å². The van der Waals surface area contributed by atoms with Gasteiger partial charge in [-0.25, -0.2) is 4.79 Å². The molecule has 0 radical (unpaired) electrons. The lowest BCUT2D eigenvalue weighted by molar-refractivity contribution is -0.154. The minimum absolute atomic E-state index is 0.102. The monoisotopic (exact) mass is 1310 g/mol. The highest BCUT2D eigenvalue weighted by Crippen LogP contribution is 2.33. The van der Waals surface area contributed by atoms with Gasteiger partial charge in [-0.05, 0) is 129 Å². The maximum atomic E-state index is 14.5. The van der Waals surface area contributed by atoms with Gasteiger partial charge in [-0.1, -0.05) is 13.8 Å². The van der Waals surface area contributed by atoms with Crippen molar-refractivity contribution in [1.82, 2.24) is 71.1 Å². The molecule has 32 nitrogen and oxygen atoms in total. The summed E-state index contributed by atoms with van der Waals surface area (Å²) in [5.74, 6) is -9.17. The van der Waals surface area contributed by atoms with Crippen LogP contribution in [0.1, 0.15) is 137 Å². The van der Waals surface area contributed by atoms with E-state index in [0.717, 1.165) is 0 Å². The number of hydrogen-bond acceptors (Lipinski definition) is 17. The predicted molar refractivity (Wildman–Crippen MR) is 326 cm³/mol. The molecule has 0 bridgehead atoms. The molecule has 12 atom stereocenters. The largest absolute Gasteiger partial charge is 0.480 e. The minimum Gasteiger partial charge on any atom is -0.480 e. The van der Waals surface area contributed by atoms with Crippen LogP contribution in [-0.4, -0.2) is 289 Å². The molecule has 0 aromatic rings. The number of carboxylic acids is 1. The fourth-order valence-electron chi connectivity index (χ4n) is 14.6. The van der Waals surface area contributed by atoms with Crippen molar-refractivity contribution in [2.24, 2.45) is 11.7 Å². The van der Waals surface area contributed by atoms with E-state index in [1.807, 2.05) is 0 Å². The number of nitrogens with one attached hydrogen (secondary N) is 6. The fourth-order valence-corrected chi connectivity index (χ4v) is 14.6. The number of aliphatic hydroxyl groups is 1. The number of carbonyl (C=O) groups is 15. The van der Waals surface area contributed by atoms with Gasteiger partial charge in [-0.15, -0.1) is 0 Å². The van der Waals surface area contributed by atoms with E-state index >= 15 is 0 Å². The molecule has 0 saturated carbocycles. The van der Waals surface area contributed by atoms with Gasteiger partial charge in [-0.3, -0.25) is 67.1 Å². The summed E-state index contributed by atoms with van der Waals surface area (Å²) in [6, 6.07) is -12.2. The number of rotatable bonds is 24. The molecule has 0 spiro atoms. The van der Waals surface area contributed by atoms with Gasteiger partial charge in [-0.2, -0.15) is 0 Å². The molecule has 514 valence electrons. The van der Waals surface area contributed by atoms with Crippen molar-refractivity contribution in [3.05, 3.63) is 0 Å². The first-order chi connectivity index (χ1) is 44.4. The van der Waals surface area contributed by atoms with E-state index in [2.05, 4.69) is 31.9 Å². The molecule has 8 aliphatic heterocycles. The molecule has 93 heavy (non-hydrogen) atoms. The van der Waals surface area contributed by atoms with Crippen LogP contribution in [0.25, 0.3) is 0 Å². The Morgan fingerprint density at radius 2 is 0.742 bits per heavy atom. The van der Waals surface area contributed by atoms with Crippen LogP contribution in [0.5, 0.6) is 0 Å². The first-order valence-corrected chi connectivity index (χ1v) is 33.1. The van der Waals surface area contributed by atoms with Gasteiger partial charge in [0.25, 0.3) is 0 Å². The third-order valence-electron chi connectivity index (χ3n) is 19.3. The van der Waals surface area contributed by atoms with Crippen molar-refractivity contribution < 1.29 is 82.1 Å². The smallest absolute Gasteiger partial charge is 0.326 e. The number of amides is 14. The molecular weight excluding hydrogens is 1210 g/mol.